The molecule has 1 aliphatic rings. The highest BCUT2D eigenvalue weighted by Crippen LogP contribution is 2.24. The van der Waals surface area contributed by atoms with Gasteiger partial charge in [0.25, 0.3) is 0 Å². The fraction of sp³-hybridized carbons (Fsp3) is 0.481. The van der Waals surface area contributed by atoms with Crippen LogP contribution in [0.15, 0.2) is 42.5 Å². The van der Waals surface area contributed by atoms with Gasteiger partial charge in [-0.2, -0.15) is 0 Å². The molecule has 1 atom stereocenters. The first-order chi connectivity index (χ1) is 16.5. The zero-order chi connectivity index (χ0) is 26.0. The second kappa shape index (κ2) is 13.2. The van der Waals surface area contributed by atoms with Crippen LogP contribution in [0.2, 0.25) is 0 Å². The van der Waals surface area contributed by atoms with Gasteiger partial charge in [0.15, 0.2) is 0 Å². The van der Waals surface area contributed by atoms with Crippen molar-refractivity contribution in [3.63, 3.8) is 0 Å². The average molecular weight is 491 g/mol. The lowest BCUT2D eigenvalue weighted by Gasteiger charge is -2.28. The van der Waals surface area contributed by atoms with E-state index in [0.29, 0.717) is 6.41 Å². The Bertz CT molecular complexity index is 934. The van der Waals surface area contributed by atoms with Crippen LogP contribution in [0.5, 0.6) is 0 Å². The monoisotopic (exact) mass is 490 g/mol. The number of hydrogen-bond donors (Lipinski definition) is 1. The minimum Gasteiger partial charge on any atom is -0.461 e. The molecule has 192 valence electrons. The highest BCUT2D eigenvalue weighted by molar-refractivity contribution is 5.79. The third-order valence-electron chi connectivity index (χ3n) is 5.78. The number of amides is 1. The summed E-state index contributed by atoms with van der Waals surface area (Å²) in [6.07, 6.45) is 4.21. The number of methoxy groups -OCH3 is 1. The maximum absolute atomic E-state index is 13.8. The summed E-state index contributed by atoms with van der Waals surface area (Å²) in [4.78, 5) is 25.9. The zero-order valence-electron chi connectivity index (χ0n) is 20.9. The van der Waals surface area contributed by atoms with Gasteiger partial charge in [0.2, 0.25) is 6.41 Å². The molecule has 2 aromatic rings. The van der Waals surface area contributed by atoms with Crippen LogP contribution in [0.1, 0.15) is 57.6 Å². The Balaban J connectivity index is 0.000000641. The second-order valence-electron chi connectivity index (χ2n) is 9.62. The molecule has 0 spiro atoms. The summed E-state index contributed by atoms with van der Waals surface area (Å²) in [5.74, 6) is -2.32. The molecular formula is C27H36F2N2O4. The smallest absolute Gasteiger partial charge is 0.329 e. The lowest BCUT2D eigenvalue weighted by atomic mass is 10.0. The number of benzene rings is 2. The van der Waals surface area contributed by atoms with Crippen molar-refractivity contribution in [3.8, 4) is 0 Å². The Kier molecular flexibility index (Phi) is 10.6. The number of nitrogens with zero attached hydrogens (tertiary/aromatic N) is 1. The summed E-state index contributed by atoms with van der Waals surface area (Å²) in [5.41, 5.74) is 5.83. The van der Waals surface area contributed by atoms with Crippen LogP contribution in [0.4, 0.5) is 14.5 Å². The van der Waals surface area contributed by atoms with Gasteiger partial charge in [-0.3, -0.25) is 4.79 Å². The first-order valence-corrected chi connectivity index (χ1v) is 11.8. The van der Waals surface area contributed by atoms with Crippen molar-refractivity contribution in [3.05, 3.63) is 65.2 Å². The SMILES string of the molecule is COC(C)(C)C.Nc1c(F)cc(CN(C=O)C(Cc2ccccc2)C(=O)OC2CCCC2)cc1F. The lowest BCUT2D eigenvalue weighted by molar-refractivity contribution is -0.157. The summed E-state index contributed by atoms with van der Waals surface area (Å²) in [7, 11) is 1.71. The Morgan fingerprint density at radius 3 is 2.14 bits per heavy atom. The summed E-state index contributed by atoms with van der Waals surface area (Å²) < 4.78 is 38.2. The van der Waals surface area contributed by atoms with Gasteiger partial charge >= 0.3 is 5.97 Å². The number of nitrogen functional groups attached to an aromatic ring is 1. The number of rotatable bonds is 8. The molecule has 1 unspecified atom stereocenters. The van der Waals surface area contributed by atoms with E-state index in [1.54, 1.807) is 7.11 Å². The van der Waals surface area contributed by atoms with Crippen LogP contribution < -0.4 is 5.73 Å². The highest BCUT2D eigenvalue weighted by atomic mass is 19.1. The summed E-state index contributed by atoms with van der Waals surface area (Å²) in [6, 6.07) is 10.5. The van der Waals surface area contributed by atoms with Crippen molar-refractivity contribution in [1.29, 1.82) is 0 Å². The number of nitrogens with two attached hydrogens (primary N) is 1. The van der Waals surface area contributed by atoms with E-state index in [1.165, 1.54) is 4.90 Å². The van der Waals surface area contributed by atoms with Gasteiger partial charge in [0.05, 0.1) is 5.60 Å². The van der Waals surface area contributed by atoms with Gasteiger partial charge in [-0.1, -0.05) is 30.3 Å². The molecule has 3 rings (SSSR count). The van der Waals surface area contributed by atoms with E-state index in [-0.39, 0.29) is 30.2 Å². The highest BCUT2D eigenvalue weighted by Gasteiger charge is 2.30. The number of hydrogen-bond acceptors (Lipinski definition) is 5. The van der Waals surface area contributed by atoms with E-state index in [9.17, 15) is 18.4 Å². The van der Waals surface area contributed by atoms with Crippen LogP contribution >= 0.6 is 0 Å². The topological polar surface area (TPSA) is 81.9 Å². The Morgan fingerprint density at radius 1 is 1.11 bits per heavy atom. The van der Waals surface area contributed by atoms with Crippen LogP contribution in [-0.2, 0) is 32.0 Å². The van der Waals surface area contributed by atoms with Crippen molar-refractivity contribution in [2.45, 2.75) is 77.2 Å². The van der Waals surface area contributed by atoms with Gasteiger partial charge < -0.3 is 20.1 Å². The number of ether oxygens (including phenoxy) is 2. The summed E-state index contributed by atoms with van der Waals surface area (Å²) >= 11 is 0. The Morgan fingerprint density at radius 2 is 1.66 bits per heavy atom. The summed E-state index contributed by atoms with van der Waals surface area (Å²) in [6.45, 7) is 5.92. The first-order valence-electron chi connectivity index (χ1n) is 11.8. The predicted molar refractivity (Wildman–Crippen MR) is 131 cm³/mol. The normalized spacial score (nSPS) is 14.6. The van der Waals surface area contributed by atoms with Gasteiger partial charge in [0, 0.05) is 20.1 Å². The molecule has 0 saturated heterocycles. The number of carbonyl (C=O) groups excluding carboxylic acids is 2. The van der Waals surface area contributed by atoms with E-state index in [2.05, 4.69) is 0 Å². The van der Waals surface area contributed by atoms with Crippen LogP contribution in [-0.4, -0.2) is 42.1 Å². The molecule has 6 nitrogen and oxygen atoms in total. The predicted octanol–water partition coefficient (Wildman–Crippen LogP) is 5.03. The molecule has 0 radical (unpaired) electrons. The van der Waals surface area contributed by atoms with Gasteiger partial charge in [0.1, 0.15) is 29.5 Å². The van der Waals surface area contributed by atoms with Crippen molar-refractivity contribution >= 4 is 18.1 Å². The molecule has 0 bridgehead atoms. The van der Waals surface area contributed by atoms with Gasteiger partial charge in [-0.15, -0.1) is 0 Å². The molecule has 1 amide bonds. The number of halogens is 2. The minimum atomic E-state index is -0.904. The standard InChI is InChI=1S/C22H24F2N2O3.C5H12O/c23-18-10-16(11-19(24)21(18)25)13-26(14-27)20(12-15-6-2-1-3-7-15)22(28)29-17-8-4-5-9-17;1-5(2,3)6-4/h1-3,6-7,10-11,14,17,20H,4-5,8-9,12-13,25H2;1-4H3. The molecule has 8 heteroatoms. The Hall–Kier alpha value is -3.00. The van der Waals surface area contributed by atoms with Gasteiger partial charge in [-0.05, 0) is 69.7 Å². The third kappa shape index (κ3) is 9.28. The molecule has 1 fully saturated rings. The van der Waals surface area contributed by atoms with E-state index in [1.807, 2.05) is 51.1 Å². The largest absolute Gasteiger partial charge is 0.461 e. The van der Waals surface area contributed by atoms with Gasteiger partial charge in [-0.25, -0.2) is 13.6 Å². The molecule has 0 aliphatic heterocycles. The van der Waals surface area contributed by atoms with E-state index in [4.69, 9.17) is 15.2 Å². The zero-order valence-corrected chi connectivity index (χ0v) is 20.9. The van der Waals surface area contributed by atoms with Crippen LogP contribution in [0.25, 0.3) is 0 Å². The van der Waals surface area contributed by atoms with Crippen LogP contribution in [0, 0.1) is 11.6 Å². The molecular weight excluding hydrogens is 454 g/mol. The van der Waals surface area contributed by atoms with Crippen molar-refractivity contribution < 1.29 is 27.8 Å². The van der Waals surface area contributed by atoms with Crippen LogP contribution in [0.3, 0.4) is 0 Å². The molecule has 2 N–H and O–H groups in total. The fourth-order valence-corrected chi connectivity index (χ4v) is 3.58. The molecule has 0 heterocycles. The molecule has 1 saturated carbocycles. The van der Waals surface area contributed by atoms with Crippen molar-refractivity contribution in [1.82, 2.24) is 4.90 Å². The summed E-state index contributed by atoms with van der Waals surface area (Å²) in [5, 5.41) is 0. The second-order valence-corrected chi connectivity index (χ2v) is 9.62. The number of esters is 1. The maximum atomic E-state index is 13.8. The minimum absolute atomic E-state index is 0.0417. The lowest BCUT2D eigenvalue weighted by Crippen LogP contribution is -2.43. The average Bonchev–Trinajstić information content (AvgIpc) is 3.33. The van der Waals surface area contributed by atoms with E-state index in [0.717, 1.165) is 43.4 Å². The van der Waals surface area contributed by atoms with Crippen molar-refractivity contribution in [2.75, 3.05) is 12.8 Å². The van der Waals surface area contributed by atoms with E-state index >= 15 is 0 Å². The quantitative estimate of drug-likeness (QED) is 0.319. The third-order valence-corrected chi connectivity index (χ3v) is 5.78. The van der Waals surface area contributed by atoms with Crippen molar-refractivity contribution in [2.24, 2.45) is 0 Å². The first kappa shape index (κ1) is 28.2. The molecule has 35 heavy (non-hydrogen) atoms. The number of carbonyl (C=O) groups is 2. The molecule has 1 aliphatic carbocycles. The van der Waals surface area contributed by atoms with E-state index < -0.39 is 29.3 Å². The fourth-order valence-electron chi connectivity index (χ4n) is 3.58. The number of anilines is 1. The molecule has 0 aromatic heterocycles. The maximum Gasteiger partial charge on any atom is 0.329 e. The Labute approximate surface area is 206 Å². The molecule has 2 aromatic carbocycles.